The van der Waals surface area contributed by atoms with Gasteiger partial charge in [0.2, 0.25) is 0 Å². The third-order valence-electron chi connectivity index (χ3n) is 1.75. The van der Waals surface area contributed by atoms with Crippen LogP contribution in [-0.4, -0.2) is 28.5 Å². The molecule has 0 aliphatic rings. The SMILES string of the molecule is CC(C)OC(=O)CCC=NNc1ccc(Cl)nn1. The number of carbonyl (C=O) groups is 1. The maximum Gasteiger partial charge on any atom is 0.306 e. The summed E-state index contributed by atoms with van der Waals surface area (Å²) in [7, 11) is 0. The van der Waals surface area contributed by atoms with Gasteiger partial charge >= 0.3 is 5.97 Å². The molecule has 0 atom stereocenters. The van der Waals surface area contributed by atoms with Gasteiger partial charge in [-0.3, -0.25) is 10.2 Å². The quantitative estimate of drug-likeness (QED) is 0.487. The lowest BCUT2D eigenvalue weighted by Gasteiger charge is -2.05. The molecule has 1 rings (SSSR count). The van der Waals surface area contributed by atoms with Crippen LogP contribution in [0.3, 0.4) is 0 Å². The van der Waals surface area contributed by atoms with E-state index in [1.807, 2.05) is 13.8 Å². The second-order valence-electron chi connectivity index (χ2n) is 3.74. The minimum atomic E-state index is -0.234. The van der Waals surface area contributed by atoms with E-state index in [1.54, 1.807) is 18.3 Å². The summed E-state index contributed by atoms with van der Waals surface area (Å²) in [5, 5.41) is 11.6. The van der Waals surface area contributed by atoms with Crippen molar-refractivity contribution in [3.05, 3.63) is 17.3 Å². The molecule has 1 aromatic heterocycles. The number of nitrogens with one attached hydrogen (secondary N) is 1. The highest BCUT2D eigenvalue weighted by molar-refractivity contribution is 6.29. The van der Waals surface area contributed by atoms with Crippen LogP contribution in [0.2, 0.25) is 5.15 Å². The Balaban J connectivity index is 2.21. The third-order valence-corrected chi connectivity index (χ3v) is 1.95. The van der Waals surface area contributed by atoms with Crippen molar-refractivity contribution in [2.75, 3.05) is 5.43 Å². The number of hydrogen-bond acceptors (Lipinski definition) is 6. The van der Waals surface area contributed by atoms with Crippen molar-refractivity contribution >= 4 is 29.6 Å². The van der Waals surface area contributed by atoms with Crippen molar-refractivity contribution < 1.29 is 9.53 Å². The van der Waals surface area contributed by atoms with Gasteiger partial charge in [-0.25, -0.2) is 0 Å². The van der Waals surface area contributed by atoms with Crippen LogP contribution in [0.1, 0.15) is 26.7 Å². The van der Waals surface area contributed by atoms with Gasteiger partial charge in [0.1, 0.15) is 0 Å². The Kier molecular flexibility index (Phi) is 6.07. The van der Waals surface area contributed by atoms with E-state index in [1.165, 1.54) is 0 Å². The Morgan fingerprint density at radius 2 is 2.33 bits per heavy atom. The Morgan fingerprint density at radius 1 is 1.56 bits per heavy atom. The number of ether oxygens (including phenoxy) is 1. The zero-order chi connectivity index (χ0) is 13.4. The largest absolute Gasteiger partial charge is 0.463 e. The lowest BCUT2D eigenvalue weighted by molar-refractivity contribution is -0.147. The van der Waals surface area contributed by atoms with Crippen molar-refractivity contribution in [3.63, 3.8) is 0 Å². The fraction of sp³-hybridized carbons (Fsp3) is 0.455. The molecule has 0 spiro atoms. The van der Waals surface area contributed by atoms with Crippen LogP contribution >= 0.6 is 11.6 Å². The zero-order valence-corrected chi connectivity index (χ0v) is 11.0. The number of carbonyl (C=O) groups excluding carboxylic acids is 1. The maximum absolute atomic E-state index is 11.2. The predicted molar refractivity (Wildman–Crippen MR) is 69.6 cm³/mol. The fourth-order valence-corrected chi connectivity index (χ4v) is 1.16. The number of rotatable bonds is 6. The van der Waals surface area contributed by atoms with Gasteiger partial charge < -0.3 is 4.74 Å². The van der Waals surface area contributed by atoms with Crippen molar-refractivity contribution in [3.8, 4) is 0 Å². The average Bonchev–Trinajstić information content (AvgIpc) is 2.30. The molecule has 1 aromatic rings. The molecule has 0 aromatic carbocycles. The van der Waals surface area contributed by atoms with Crippen LogP contribution in [0.5, 0.6) is 0 Å². The molecule has 0 radical (unpaired) electrons. The predicted octanol–water partition coefficient (Wildman–Crippen LogP) is 2.26. The summed E-state index contributed by atoms with van der Waals surface area (Å²) in [4.78, 5) is 11.2. The highest BCUT2D eigenvalue weighted by atomic mass is 35.5. The van der Waals surface area contributed by atoms with Gasteiger partial charge in [0.15, 0.2) is 11.0 Å². The summed E-state index contributed by atoms with van der Waals surface area (Å²) in [6.07, 6.45) is 2.30. The second-order valence-corrected chi connectivity index (χ2v) is 4.13. The van der Waals surface area contributed by atoms with Gasteiger partial charge in [-0.05, 0) is 32.4 Å². The number of esters is 1. The number of anilines is 1. The highest BCUT2D eigenvalue weighted by Gasteiger charge is 2.03. The molecule has 1 N–H and O–H groups in total. The van der Waals surface area contributed by atoms with Crippen molar-refractivity contribution in [2.24, 2.45) is 5.10 Å². The van der Waals surface area contributed by atoms with Gasteiger partial charge in [0, 0.05) is 6.21 Å². The van der Waals surface area contributed by atoms with E-state index in [9.17, 15) is 4.79 Å². The fourth-order valence-electron chi connectivity index (χ4n) is 1.06. The van der Waals surface area contributed by atoms with Crippen molar-refractivity contribution in [1.29, 1.82) is 0 Å². The summed E-state index contributed by atoms with van der Waals surface area (Å²) in [5.74, 6) is 0.253. The molecular formula is C11H15ClN4O2. The molecule has 0 saturated heterocycles. The van der Waals surface area contributed by atoms with Gasteiger partial charge in [0.25, 0.3) is 0 Å². The first-order chi connectivity index (χ1) is 8.58. The second kappa shape index (κ2) is 7.60. The number of nitrogens with zero attached hydrogens (tertiary/aromatic N) is 3. The van der Waals surface area contributed by atoms with Crippen LogP contribution < -0.4 is 5.43 Å². The minimum Gasteiger partial charge on any atom is -0.463 e. The van der Waals surface area contributed by atoms with Gasteiger partial charge in [0.05, 0.1) is 12.5 Å². The summed E-state index contributed by atoms with van der Waals surface area (Å²) >= 11 is 5.58. The molecule has 0 aliphatic heterocycles. The van der Waals surface area contributed by atoms with Gasteiger partial charge in [-0.15, -0.1) is 10.2 Å². The molecular weight excluding hydrogens is 256 g/mol. The number of aromatic nitrogens is 2. The highest BCUT2D eigenvalue weighted by Crippen LogP contribution is 2.05. The van der Waals surface area contributed by atoms with Gasteiger partial charge in [-0.1, -0.05) is 11.6 Å². The summed E-state index contributed by atoms with van der Waals surface area (Å²) in [5.41, 5.74) is 2.67. The first kappa shape index (κ1) is 14.4. The molecule has 7 heteroatoms. The van der Waals surface area contributed by atoms with E-state index < -0.39 is 0 Å². The van der Waals surface area contributed by atoms with Crippen LogP contribution in [0.15, 0.2) is 17.2 Å². The lowest BCUT2D eigenvalue weighted by atomic mass is 10.3. The summed E-state index contributed by atoms with van der Waals surface area (Å²) < 4.78 is 4.97. The monoisotopic (exact) mass is 270 g/mol. The third kappa shape index (κ3) is 6.15. The zero-order valence-electron chi connectivity index (χ0n) is 10.3. The van der Waals surface area contributed by atoms with E-state index in [2.05, 4.69) is 20.7 Å². The Labute approximate surface area is 110 Å². The molecule has 0 fully saturated rings. The number of hydrazone groups is 1. The van der Waals surface area contributed by atoms with E-state index in [0.29, 0.717) is 23.8 Å². The van der Waals surface area contributed by atoms with Crippen LogP contribution in [-0.2, 0) is 9.53 Å². The lowest BCUT2D eigenvalue weighted by Crippen LogP contribution is -2.11. The van der Waals surface area contributed by atoms with Crippen LogP contribution in [0, 0.1) is 0 Å². The molecule has 6 nitrogen and oxygen atoms in total. The van der Waals surface area contributed by atoms with E-state index in [-0.39, 0.29) is 12.1 Å². The van der Waals surface area contributed by atoms with Crippen LogP contribution in [0.25, 0.3) is 0 Å². The molecule has 0 aliphatic carbocycles. The summed E-state index contributed by atoms with van der Waals surface area (Å²) in [6, 6.07) is 3.26. The van der Waals surface area contributed by atoms with Crippen molar-refractivity contribution in [1.82, 2.24) is 10.2 Å². The molecule has 18 heavy (non-hydrogen) atoms. The molecule has 0 bridgehead atoms. The molecule has 0 amide bonds. The minimum absolute atomic E-state index is 0.0862. The average molecular weight is 271 g/mol. The molecule has 98 valence electrons. The smallest absolute Gasteiger partial charge is 0.306 e. The topological polar surface area (TPSA) is 76.5 Å². The van der Waals surface area contributed by atoms with Crippen molar-refractivity contribution in [2.45, 2.75) is 32.8 Å². The molecule has 1 heterocycles. The molecule has 0 unspecified atom stereocenters. The van der Waals surface area contributed by atoms with Gasteiger partial charge in [-0.2, -0.15) is 5.10 Å². The van der Waals surface area contributed by atoms with E-state index in [4.69, 9.17) is 16.3 Å². The molecule has 0 saturated carbocycles. The number of hydrogen-bond donors (Lipinski definition) is 1. The standard InChI is InChI=1S/C11H15ClN4O2/c1-8(2)18-11(17)4-3-7-13-15-10-6-5-9(12)14-16-10/h5-8H,3-4H2,1-2H3,(H,15,16). The maximum atomic E-state index is 11.2. The first-order valence-electron chi connectivity index (χ1n) is 5.54. The van der Waals surface area contributed by atoms with E-state index >= 15 is 0 Å². The normalized spacial score (nSPS) is 10.9. The van der Waals surface area contributed by atoms with Crippen LogP contribution in [0.4, 0.5) is 5.82 Å². The Hall–Kier alpha value is -1.69. The Morgan fingerprint density at radius 3 is 2.94 bits per heavy atom. The van der Waals surface area contributed by atoms with E-state index in [0.717, 1.165) is 0 Å². The summed E-state index contributed by atoms with van der Waals surface area (Å²) in [6.45, 7) is 3.62. The first-order valence-corrected chi connectivity index (χ1v) is 5.92. The Bertz CT molecular complexity index is 406. The number of halogens is 1.